The van der Waals surface area contributed by atoms with Crippen molar-refractivity contribution in [3.8, 4) is 11.4 Å². The van der Waals surface area contributed by atoms with E-state index in [4.69, 9.17) is 16.1 Å². The van der Waals surface area contributed by atoms with Crippen LogP contribution in [-0.2, 0) is 21.8 Å². The van der Waals surface area contributed by atoms with Gasteiger partial charge in [0.2, 0.25) is 5.28 Å². The van der Waals surface area contributed by atoms with Crippen LogP contribution in [0.2, 0.25) is 5.28 Å². The average molecular weight is 548 g/mol. The molecule has 4 rings (SSSR count). The van der Waals surface area contributed by atoms with Crippen molar-refractivity contribution in [1.82, 2.24) is 34.3 Å². The third-order valence-corrected chi connectivity index (χ3v) is 5.66. The molecule has 1 unspecified atom stereocenters. The number of hydrogen-bond acceptors (Lipinski definition) is 7. The van der Waals surface area contributed by atoms with Crippen molar-refractivity contribution in [3.63, 3.8) is 0 Å². The summed E-state index contributed by atoms with van der Waals surface area (Å²) in [6.07, 6.45) is -1.37. The molecule has 0 aliphatic carbocycles. The zero-order valence-corrected chi connectivity index (χ0v) is 20.0. The molecule has 0 spiro atoms. The molecule has 0 bridgehead atoms. The number of pyridine rings is 1. The minimum atomic E-state index is -4.98. The number of halogens is 4. The minimum Gasteiger partial charge on any atom is -0.303 e. The van der Waals surface area contributed by atoms with Gasteiger partial charge in [0.15, 0.2) is 11.2 Å². The molecule has 0 fully saturated rings. The lowest BCUT2D eigenvalue weighted by Crippen LogP contribution is -2.18. The molecule has 0 saturated heterocycles. The first-order valence-corrected chi connectivity index (χ1v) is 12.2. The highest BCUT2D eigenvalue weighted by atomic mass is 35.5. The second-order valence-electron chi connectivity index (χ2n) is 7.65. The van der Waals surface area contributed by atoms with Crippen LogP contribution < -0.4 is 5.56 Å². The number of alkyl halides is 3. The summed E-state index contributed by atoms with van der Waals surface area (Å²) in [5.74, 6) is 0.0639. The van der Waals surface area contributed by atoms with Crippen LogP contribution in [0.25, 0.3) is 22.6 Å². The predicted molar refractivity (Wildman–Crippen MR) is 120 cm³/mol. The van der Waals surface area contributed by atoms with E-state index in [1.165, 1.54) is 27.7 Å². The smallest absolute Gasteiger partial charge is 0.303 e. The summed E-state index contributed by atoms with van der Waals surface area (Å²) in [6, 6.07) is 2.12. The third-order valence-electron chi connectivity index (χ3n) is 4.96. The molecule has 0 amide bonds. The third kappa shape index (κ3) is 5.65. The Bertz CT molecular complexity index is 1500. The van der Waals surface area contributed by atoms with Gasteiger partial charge < -0.3 is 9.79 Å². The average Bonchev–Trinajstić information content (AvgIpc) is 3.37. The van der Waals surface area contributed by atoms with Gasteiger partial charge >= 0.3 is 14.0 Å². The largest absolute Gasteiger partial charge is 0.471 e. The van der Waals surface area contributed by atoms with Gasteiger partial charge in [0, 0.05) is 12.4 Å². The van der Waals surface area contributed by atoms with Crippen LogP contribution >= 0.6 is 19.4 Å². The van der Waals surface area contributed by atoms with Crippen LogP contribution in [0.3, 0.4) is 0 Å². The van der Waals surface area contributed by atoms with E-state index in [0.29, 0.717) is 17.5 Å². The summed E-state index contributed by atoms with van der Waals surface area (Å²) in [6.45, 7) is 1.82. The Morgan fingerprint density at radius 1 is 1.25 bits per heavy atom. The number of hydrogen-bond donors (Lipinski definition) is 3. The van der Waals surface area contributed by atoms with Gasteiger partial charge in [0.1, 0.15) is 17.7 Å². The second kappa shape index (κ2) is 9.75. The van der Waals surface area contributed by atoms with Crippen molar-refractivity contribution in [2.45, 2.75) is 38.7 Å². The zero-order valence-electron chi connectivity index (χ0n) is 18.3. The fourth-order valence-corrected chi connectivity index (χ4v) is 4.22. The molecule has 0 radical (unpaired) electrons. The predicted octanol–water partition coefficient (Wildman–Crippen LogP) is 3.51. The molecule has 0 aromatic carbocycles. The molecular formula is C19H18ClF3N7O5P. The number of phosphoric ester groups is 1. The summed E-state index contributed by atoms with van der Waals surface area (Å²) in [7, 11) is -4.98. The first-order valence-electron chi connectivity index (χ1n) is 10.3. The Morgan fingerprint density at radius 2 is 2.00 bits per heavy atom. The number of fused-ring (bicyclic) bond motifs is 1. The molecule has 0 aliphatic heterocycles. The first kappa shape index (κ1) is 26.0. The highest BCUT2D eigenvalue weighted by Crippen LogP contribution is 2.43. The van der Waals surface area contributed by atoms with Gasteiger partial charge in [-0.3, -0.25) is 28.5 Å². The first-order chi connectivity index (χ1) is 16.9. The van der Waals surface area contributed by atoms with Crippen molar-refractivity contribution >= 4 is 30.6 Å². The van der Waals surface area contributed by atoms with E-state index in [-0.39, 0.29) is 35.2 Å². The van der Waals surface area contributed by atoms with E-state index < -0.39 is 31.5 Å². The van der Waals surface area contributed by atoms with E-state index in [9.17, 15) is 32.3 Å². The number of nitrogens with one attached hydrogen (secondary N) is 1. The van der Waals surface area contributed by atoms with Gasteiger partial charge in [-0.15, -0.1) is 0 Å². The van der Waals surface area contributed by atoms with E-state index in [0.717, 1.165) is 12.3 Å². The Kier molecular flexibility index (Phi) is 7.03. The summed E-state index contributed by atoms with van der Waals surface area (Å²) >= 11 is 5.85. The molecule has 0 aliphatic rings. The number of phosphoric acid groups is 1. The summed E-state index contributed by atoms with van der Waals surface area (Å²) in [4.78, 5) is 45.6. The van der Waals surface area contributed by atoms with Gasteiger partial charge in [0.25, 0.3) is 5.56 Å². The summed E-state index contributed by atoms with van der Waals surface area (Å²) in [5, 5.41) is 3.94. The number of aromatic nitrogens is 7. The Morgan fingerprint density at radius 3 is 2.61 bits per heavy atom. The van der Waals surface area contributed by atoms with Gasteiger partial charge in [-0.1, -0.05) is 19.4 Å². The molecule has 4 aromatic rings. The maximum atomic E-state index is 12.8. The molecule has 12 nitrogen and oxygen atoms in total. The second-order valence-corrected chi connectivity index (χ2v) is 9.20. The molecule has 4 heterocycles. The summed E-state index contributed by atoms with van der Waals surface area (Å²) in [5.41, 5.74) is -1.19. The fourth-order valence-electron chi connectivity index (χ4n) is 3.54. The zero-order chi connectivity index (χ0) is 26.3. The lowest BCUT2D eigenvalue weighted by Gasteiger charge is -2.21. The number of imidazole rings is 1. The van der Waals surface area contributed by atoms with Crippen molar-refractivity contribution in [1.29, 1.82) is 0 Å². The number of nitrogens with zero attached hydrogens (tertiary/aromatic N) is 6. The van der Waals surface area contributed by atoms with Crippen LogP contribution in [0.1, 0.15) is 37.3 Å². The molecule has 36 heavy (non-hydrogen) atoms. The SMILES string of the molecule is CCCC(OP(=O)(O)O)n1c(-c2cnn(Cc3ccc(C(F)(F)F)nc3)c2)nc2nc(Cl)[nH]c(=O)c21. The molecule has 17 heteroatoms. The number of H-pyrrole nitrogens is 1. The molecule has 4 aromatic heterocycles. The van der Waals surface area contributed by atoms with Crippen LogP contribution in [0, 0.1) is 0 Å². The highest BCUT2D eigenvalue weighted by Gasteiger charge is 2.32. The van der Waals surface area contributed by atoms with E-state index in [1.807, 2.05) is 0 Å². The molecule has 0 saturated carbocycles. The fraction of sp³-hybridized carbons (Fsp3) is 0.316. The van der Waals surface area contributed by atoms with E-state index in [1.54, 1.807) is 6.92 Å². The quantitative estimate of drug-likeness (QED) is 0.221. The van der Waals surface area contributed by atoms with Gasteiger partial charge in [-0.05, 0) is 29.7 Å². The summed E-state index contributed by atoms with van der Waals surface area (Å²) < 4.78 is 57.5. The van der Waals surface area contributed by atoms with Crippen LogP contribution in [0.15, 0.2) is 35.5 Å². The van der Waals surface area contributed by atoms with E-state index >= 15 is 0 Å². The maximum Gasteiger partial charge on any atom is 0.471 e. The lowest BCUT2D eigenvalue weighted by molar-refractivity contribution is -0.141. The van der Waals surface area contributed by atoms with Gasteiger partial charge in [0.05, 0.1) is 18.3 Å². The van der Waals surface area contributed by atoms with Crippen LogP contribution in [0.5, 0.6) is 0 Å². The monoisotopic (exact) mass is 547 g/mol. The Balaban J connectivity index is 1.77. The minimum absolute atomic E-state index is 0.0629. The molecule has 192 valence electrons. The van der Waals surface area contributed by atoms with Crippen molar-refractivity contribution < 1.29 is 32.0 Å². The van der Waals surface area contributed by atoms with Gasteiger partial charge in [-0.25, -0.2) is 9.55 Å². The topological polar surface area (TPSA) is 161 Å². The maximum absolute atomic E-state index is 12.8. The van der Waals surface area contributed by atoms with Crippen LogP contribution in [-0.4, -0.2) is 44.1 Å². The van der Waals surface area contributed by atoms with Crippen molar-refractivity contribution in [3.05, 3.63) is 57.6 Å². The Hall–Kier alpha value is -3.10. The van der Waals surface area contributed by atoms with Gasteiger partial charge in [-0.2, -0.15) is 23.3 Å². The van der Waals surface area contributed by atoms with Crippen molar-refractivity contribution in [2.24, 2.45) is 0 Å². The highest BCUT2D eigenvalue weighted by molar-refractivity contribution is 7.46. The molecular weight excluding hydrogens is 530 g/mol. The van der Waals surface area contributed by atoms with Crippen molar-refractivity contribution in [2.75, 3.05) is 0 Å². The molecule has 3 N–H and O–H groups in total. The molecule has 1 atom stereocenters. The van der Waals surface area contributed by atoms with Crippen LogP contribution in [0.4, 0.5) is 13.2 Å². The number of rotatable bonds is 8. The van der Waals surface area contributed by atoms with E-state index in [2.05, 4.69) is 25.0 Å². The lowest BCUT2D eigenvalue weighted by atomic mass is 10.2. The number of aromatic amines is 1. The standard InChI is InChI=1S/C19H18ClF3N7O5P/c1-2-3-13(35-36(32,33)34)30-14-15(27-18(20)28-17(14)31)26-16(30)11-7-25-29(9-11)8-10-4-5-12(24-6-10)19(21,22)23/h4-7,9,13H,2-3,8H2,1H3,(H,27,28,31)(H2,32,33,34). The normalized spacial score (nSPS) is 13.4. The Labute approximate surface area is 205 Å².